The molecular weight excluding hydrogens is 594 g/mol. The van der Waals surface area contributed by atoms with Gasteiger partial charge in [-0.2, -0.15) is 0 Å². The average Bonchev–Trinajstić information content (AvgIpc) is 2.92. The lowest BCUT2D eigenvalue weighted by molar-refractivity contribution is -0.173. The molecule has 0 aromatic rings. The van der Waals surface area contributed by atoms with Crippen LogP contribution >= 0.6 is 17.0 Å². The van der Waals surface area contributed by atoms with Gasteiger partial charge in [0.25, 0.3) is 0 Å². The standard InChI is InChI=1S/C35H69NO5.BrH/c1-5-7-9-11-13-15-17-19-21-23-25-27-33(38)40-31(29-35(3,4)36)32(30-37)41-34(39)28-26-24-22-20-18-16-14-12-10-8-6-2;/h31-32,37H,5-30,36H2,1-4H3;1H. The smallest absolute Gasteiger partial charge is 0.306 e. The lowest BCUT2D eigenvalue weighted by Crippen LogP contribution is -2.45. The van der Waals surface area contributed by atoms with Crippen molar-refractivity contribution in [1.29, 1.82) is 0 Å². The number of carbonyl (C=O) groups is 2. The molecule has 0 spiro atoms. The number of hydrogen-bond donors (Lipinski definition) is 2. The Morgan fingerprint density at radius 2 is 0.857 bits per heavy atom. The van der Waals surface area contributed by atoms with Crippen LogP contribution in [0.2, 0.25) is 0 Å². The van der Waals surface area contributed by atoms with Crippen molar-refractivity contribution in [3.8, 4) is 0 Å². The number of nitrogens with two attached hydrogens (primary N) is 1. The number of aliphatic hydroxyl groups excluding tert-OH is 1. The number of carbonyl (C=O) groups excluding carboxylic acids is 2. The first-order valence-corrected chi connectivity index (χ1v) is 17.5. The average molecular weight is 665 g/mol. The van der Waals surface area contributed by atoms with Gasteiger partial charge >= 0.3 is 11.9 Å². The van der Waals surface area contributed by atoms with Crippen LogP contribution in [-0.4, -0.2) is 41.4 Å². The Balaban J connectivity index is 0. The lowest BCUT2D eigenvalue weighted by atomic mass is 9.95. The summed E-state index contributed by atoms with van der Waals surface area (Å²) in [5, 5.41) is 9.98. The van der Waals surface area contributed by atoms with Crippen LogP contribution in [0.5, 0.6) is 0 Å². The van der Waals surface area contributed by atoms with Crippen molar-refractivity contribution >= 4 is 28.9 Å². The van der Waals surface area contributed by atoms with Crippen LogP contribution in [0, 0.1) is 0 Å². The molecule has 6 nitrogen and oxygen atoms in total. The molecule has 2 atom stereocenters. The maximum absolute atomic E-state index is 12.6. The van der Waals surface area contributed by atoms with E-state index in [1.165, 1.54) is 103 Å². The fourth-order valence-electron chi connectivity index (χ4n) is 5.32. The Morgan fingerprint density at radius 3 is 1.14 bits per heavy atom. The summed E-state index contributed by atoms with van der Waals surface area (Å²) in [7, 11) is 0. The summed E-state index contributed by atoms with van der Waals surface area (Å²) in [6.45, 7) is 7.79. The molecule has 2 unspecified atom stereocenters. The zero-order valence-corrected chi connectivity index (χ0v) is 29.8. The molecule has 0 aromatic heterocycles. The summed E-state index contributed by atoms with van der Waals surface area (Å²) in [6, 6.07) is 0. The minimum absolute atomic E-state index is 0. The predicted octanol–water partition coefficient (Wildman–Crippen LogP) is 9.91. The maximum atomic E-state index is 12.6. The highest BCUT2D eigenvalue weighted by molar-refractivity contribution is 8.93. The zero-order chi connectivity index (χ0) is 30.6. The second-order valence-electron chi connectivity index (χ2n) is 13.0. The molecule has 0 aliphatic heterocycles. The van der Waals surface area contributed by atoms with Crippen LogP contribution in [0.4, 0.5) is 0 Å². The van der Waals surface area contributed by atoms with Crippen molar-refractivity contribution in [3.63, 3.8) is 0 Å². The van der Waals surface area contributed by atoms with Crippen LogP contribution in [-0.2, 0) is 19.1 Å². The van der Waals surface area contributed by atoms with E-state index in [2.05, 4.69) is 13.8 Å². The number of rotatable bonds is 30. The van der Waals surface area contributed by atoms with E-state index in [1.54, 1.807) is 0 Å². The highest BCUT2D eigenvalue weighted by Gasteiger charge is 2.32. The van der Waals surface area contributed by atoms with Gasteiger partial charge in [-0.15, -0.1) is 17.0 Å². The van der Waals surface area contributed by atoms with Gasteiger partial charge in [0.1, 0.15) is 6.10 Å². The number of halogens is 1. The first kappa shape index (κ1) is 43.5. The molecule has 0 aliphatic rings. The Morgan fingerprint density at radius 1 is 0.571 bits per heavy atom. The molecule has 0 fully saturated rings. The monoisotopic (exact) mass is 663 g/mol. The van der Waals surface area contributed by atoms with Crippen molar-refractivity contribution in [2.45, 2.75) is 206 Å². The highest BCUT2D eigenvalue weighted by atomic mass is 79.9. The summed E-state index contributed by atoms with van der Waals surface area (Å²) in [5.41, 5.74) is 5.59. The van der Waals surface area contributed by atoms with Crippen molar-refractivity contribution in [2.24, 2.45) is 5.73 Å². The molecule has 0 rings (SSSR count). The van der Waals surface area contributed by atoms with E-state index in [4.69, 9.17) is 15.2 Å². The van der Waals surface area contributed by atoms with Crippen molar-refractivity contribution in [3.05, 3.63) is 0 Å². The molecule has 0 heterocycles. The normalized spacial score (nSPS) is 12.9. The van der Waals surface area contributed by atoms with Crippen molar-refractivity contribution in [2.75, 3.05) is 6.61 Å². The third kappa shape index (κ3) is 29.4. The van der Waals surface area contributed by atoms with Gasteiger partial charge in [0.15, 0.2) is 6.10 Å². The maximum Gasteiger partial charge on any atom is 0.306 e. The van der Waals surface area contributed by atoms with E-state index < -0.39 is 24.4 Å². The van der Waals surface area contributed by atoms with E-state index in [9.17, 15) is 14.7 Å². The molecule has 0 radical (unpaired) electrons. The lowest BCUT2D eigenvalue weighted by Gasteiger charge is -2.30. The van der Waals surface area contributed by atoms with E-state index in [-0.39, 0.29) is 28.9 Å². The molecule has 0 aliphatic carbocycles. The van der Waals surface area contributed by atoms with E-state index in [0.29, 0.717) is 19.3 Å². The minimum Gasteiger partial charge on any atom is -0.458 e. The van der Waals surface area contributed by atoms with Gasteiger partial charge < -0.3 is 20.3 Å². The number of ether oxygens (including phenoxy) is 2. The van der Waals surface area contributed by atoms with Crippen molar-refractivity contribution in [1.82, 2.24) is 0 Å². The Bertz CT molecular complexity index is 611. The van der Waals surface area contributed by atoms with Gasteiger partial charge in [-0.25, -0.2) is 0 Å². The van der Waals surface area contributed by atoms with Gasteiger partial charge in [-0.1, -0.05) is 142 Å². The second-order valence-corrected chi connectivity index (χ2v) is 13.0. The van der Waals surface area contributed by atoms with E-state index in [0.717, 1.165) is 38.5 Å². The topological polar surface area (TPSA) is 98.8 Å². The SMILES string of the molecule is Br.CCCCCCCCCCCCCC(=O)OC(CO)C(CC(C)(C)N)OC(=O)CCCCCCCCCCCCC. The van der Waals surface area contributed by atoms with Gasteiger partial charge in [-0.3, -0.25) is 9.59 Å². The predicted molar refractivity (Wildman–Crippen MR) is 182 cm³/mol. The highest BCUT2D eigenvalue weighted by Crippen LogP contribution is 2.20. The molecular formula is C35H70BrNO5. The molecule has 42 heavy (non-hydrogen) atoms. The summed E-state index contributed by atoms with van der Waals surface area (Å²) in [6.07, 6.45) is 26.1. The fourth-order valence-corrected chi connectivity index (χ4v) is 5.32. The van der Waals surface area contributed by atoms with Gasteiger partial charge in [0.05, 0.1) is 6.61 Å². The molecule has 7 heteroatoms. The number of esters is 2. The van der Waals surface area contributed by atoms with E-state index >= 15 is 0 Å². The summed E-state index contributed by atoms with van der Waals surface area (Å²) >= 11 is 0. The van der Waals surface area contributed by atoms with Crippen molar-refractivity contribution < 1.29 is 24.2 Å². The molecule has 0 amide bonds. The molecule has 0 bridgehead atoms. The first-order valence-electron chi connectivity index (χ1n) is 17.5. The first-order chi connectivity index (χ1) is 19.7. The Kier molecular flexibility index (Phi) is 31.4. The largest absolute Gasteiger partial charge is 0.458 e. The third-order valence-electron chi connectivity index (χ3n) is 7.86. The molecule has 0 saturated heterocycles. The number of hydrogen-bond acceptors (Lipinski definition) is 6. The Hall–Kier alpha value is -0.660. The third-order valence-corrected chi connectivity index (χ3v) is 7.86. The van der Waals surface area contributed by atoms with Crippen LogP contribution in [0.1, 0.15) is 188 Å². The van der Waals surface area contributed by atoms with Crippen LogP contribution < -0.4 is 5.73 Å². The molecule has 252 valence electrons. The van der Waals surface area contributed by atoms with Gasteiger partial charge in [0, 0.05) is 24.8 Å². The van der Waals surface area contributed by atoms with Gasteiger partial charge in [-0.05, 0) is 26.7 Å². The Labute approximate surface area is 270 Å². The molecule has 0 aromatic carbocycles. The summed E-state index contributed by atoms with van der Waals surface area (Å²) < 4.78 is 11.3. The summed E-state index contributed by atoms with van der Waals surface area (Å²) in [5.74, 6) is -0.656. The van der Waals surface area contributed by atoms with Crippen LogP contribution in [0.15, 0.2) is 0 Å². The fraction of sp³-hybridized carbons (Fsp3) is 0.943. The zero-order valence-electron chi connectivity index (χ0n) is 28.1. The van der Waals surface area contributed by atoms with Gasteiger partial charge in [0.2, 0.25) is 0 Å². The number of aliphatic hydroxyl groups is 1. The molecule has 0 saturated carbocycles. The summed E-state index contributed by atoms with van der Waals surface area (Å²) in [4.78, 5) is 25.1. The number of unbranched alkanes of at least 4 members (excludes halogenated alkanes) is 20. The van der Waals surface area contributed by atoms with Crippen LogP contribution in [0.25, 0.3) is 0 Å². The van der Waals surface area contributed by atoms with Crippen LogP contribution in [0.3, 0.4) is 0 Å². The molecule has 3 N–H and O–H groups in total. The van der Waals surface area contributed by atoms with E-state index in [1.807, 2.05) is 13.8 Å². The minimum atomic E-state index is -0.890. The quantitative estimate of drug-likeness (QED) is 0.0586. The second kappa shape index (κ2) is 30.4.